The normalized spacial score (nSPS) is 14.0. The average Bonchev–Trinajstić information content (AvgIpc) is 2.36. The second-order valence-corrected chi connectivity index (χ2v) is 5.02. The summed E-state index contributed by atoms with van der Waals surface area (Å²) in [7, 11) is 0. The van der Waals surface area contributed by atoms with Crippen LogP contribution in [-0.4, -0.2) is 18.5 Å². The summed E-state index contributed by atoms with van der Waals surface area (Å²) in [6, 6.07) is 7.22. The lowest BCUT2D eigenvalue weighted by atomic mass is 9.99. The summed E-state index contributed by atoms with van der Waals surface area (Å²) >= 11 is 5.89. The van der Waals surface area contributed by atoms with E-state index in [4.69, 9.17) is 17.3 Å². The summed E-state index contributed by atoms with van der Waals surface area (Å²) in [5.41, 5.74) is 6.95. The standard InChI is InChI=1S/C14H21ClN2O/c1-3-10(2)13(16)14(18)17-8-7-11-5-4-6-12(15)9-11/h4-6,9-10,13H,3,7-8,16H2,1-2H3,(H,17,18)/t10-,13-/m0/s1. The SMILES string of the molecule is CC[C@H](C)[C@H](N)C(=O)NCCc1cccc(Cl)c1. The number of carbonyl (C=O) groups excluding carboxylic acids is 1. The molecule has 0 aliphatic rings. The molecule has 1 amide bonds. The van der Waals surface area contributed by atoms with E-state index in [0.717, 1.165) is 23.4 Å². The highest BCUT2D eigenvalue weighted by Gasteiger charge is 2.18. The molecule has 0 aliphatic carbocycles. The first-order chi connectivity index (χ1) is 8.54. The molecule has 3 N–H and O–H groups in total. The van der Waals surface area contributed by atoms with Gasteiger partial charge in [0.05, 0.1) is 6.04 Å². The fraction of sp³-hybridized carbons (Fsp3) is 0.500. The van der Waals surface area contributed by atoms with Crippen molar-refractivity contribution in [3.8, 4) is 0 Å². The molecule has 100 valence electrons. The molecule has 0 saturated carbocycles. The molecule has 1 aromatic carbocycles. The lowest BCUT2D eigenvalue weighted by Crippen LogP contribution is -2.45. The maximum atomic E-state index is 11.7. The average molecular weight is 269 g/mol. The Balaban J connectivity index is 2.36. The third-order valence-electron chi connectivity index (χ3n) is 3.16. The number of nitrogens with one attached hydrogen (secondary N) is 1. The van der Waals surface area contributed by atoms with E-state index in [1.165, 1.54) is 0 Å². The Morgan fingerprint density at radius 2 is 2.22 bits per heavy atom. The number of carbonyl (C=O) groups is 1. The molecule has 0 saturated heterocycles. The van der Waals surface area contributed by atoms with Crippen LogP contribution in [0.15, 0.2) is 24.3 Å². The molecule has 0 radical (unpaired) electrons. The fourth-order valence-electron chi connectivity index (χ4n) is 1.65. The van der Waals surface area contributed by atoms with E-state index in [9.17, 15) is 4.79 Å². The number of nitrogens with two attached hydrogens (primary N) is 1. The highest BCUT2D eigenvalue weighted by atomic mass is 35.5. The predicted octanol–water partition coefficient (Wildman–Crippen LogP) is 2.37. The number of halogens is 1. The van der Waals surface area contributed by atoms with Gasteiger partial charge in [0, 0.05) is 11.6 Å². The van der Waals surface area contributed by atoms with Gasteiger partial charge in [-0.2, -0.15) is 0 Å². The third kappa shape index (κ3) is 4.67. The van der Waals surface area contributed by atoms with E-state index in [1.807, 2.05) is 38.1 Å². The summed E-state index contributed by atoms with van der Waals surface area (Å²) in [6.45, 7) is 4.61. The first-order valence-corrected chi connectivity index (χ1v) is 6.70. The van der Waals surface area contributed by atoms with Gasteiger partial charge < -0.3 is 11.1 Å². The van der Waals surface area contributed by atoms with Gasteiger partial charge in [-0.25, -0.2) is 0 Å². The lowest BCUT2D eigenvalue weighted by molar-refractivity contribution is -0.123. The Kier molecular flexibility index (Phi) is 6.16. The zero-order chi connectivity index (χ0) is 13.5. The number of hydrogen-bond donors (Lipinski definition) is 2. The second kappa shape index (κ2) is 7.39. The van der Waals surface area contributed by atoms with E-state index in [-0.39, 0.29) is 11.8 Å². The Bertz CT molecular complexity index is 395. The van der Waals surface area contributed by atoms with E-state index >= 15 is 0 Å². The van der Waals surface area contributed by atoms with Crippen LogP contribution in [0.1, 0.15) is 25.8 Å². The minimum absolute atomic E-state index is 0.0774. The smallest absolute Gasteiger partial charge is 0.237 e. The number of amides is 1. The van der Waals surface area contributed by atoms with Gasteiger partial charge in [-0.3, -0.25) is 4.79 Å². The quantitative estimate of drug-likeness (QED) is 0.832. The second-order valence-electron chi connectivity index (χ2n) is 4.58. The molecule has 0 heterocycles. The van der Waals surface area contributed by atoms with Gasteiger partial charge >= 0.3 is 0 Å². The molecular formula is C14H21ClN2O. The molecule has 0 unspecified atom stereocenters. The minimum Gasteiger partial charge on any atom is -0.354 e. The molecular weight excluding hydrogens is 248 g/mol. The zero-order valence-electron chi connectivity index (χ0n) is 10.9. The Morgan fingerprint density at radius 1 is 1.50 bits per heavy atom. The number of rotatable bonds is 6. The van der Waals surface area contributed by atoms with Crippen molar-refractivity contribution in [1.82, 2.24) is 5.32 Å². The minimum atomic E-state index is -0.422. The number of benzene rings is 1. The van der Waals surface area contributed by atoms with Crippen molar-refractivity contribution < 1.29 is 4.79 Å². The third-order valence-corrected chi connectivity index (χ3v) is 3.40. The van der Waals surface area contributed by atoms with Gasteiger partial charge in [0.25, 0.3) is 0 Å². The molecule has 1 rings (SSSR count). The van der Waals surface area contributed by atoms with Gasteiger partial charge in [0.2, 0.25) is 5.91 Å². The van der Waals surface area contributed by atoms with Crippen LogP contribution in [-0.2, 0) is 11.2 Å². The van der Waals surface area contributed by atoms with Crippen LogP contribution in [0.3, 0.4) is 0 Å². The van der Waals surface area contributed by atoms with Crippen molar-refractivity contribution in [2.45, 2.75) is 32.7 Å². The maximum absolute atomic E-state index is 11.7. The van der Waals surface area contributed by atoms with E-state index in [0.29, 0.717) is 6.54 Å². The van der Waals surface area contributed by atoms with Crippen molar-refractivity contribution in [1.29, 1.82) is 0 Å². The van der Waals surface area contributed by atoms with Gasteiger partial charge in [-0.15, -0.1) is 0 Å². The van der Waals surface area contributed by atoms with Crippen molar-refractivity contribution >= 4 is 17.5 Å². The van der Waals surface area contributed by atoms with Crippen molar-refractivity contribution in [3.63, 3.8) is 0 Å². The largest absolute Gasteiger partial charge is 0.354 e. The highest BCUT2D eigenvalue weighted by Crippen LogP contribution is 2.10. The van der Waals surface area contributed by atoms with Crippen molar-refractivity contribution in [2.75, 3.05) is 6.54 Å². The highest BCUT2D eigenvalue weighted by molar-refractivity contribution is 6.30. The van der Waals surface area contributed by atoms with Crippen molar-refractivity contribution in [3.05, 3.63) is 34.9 Å². The Labute approximate surface area is 114 Å². The summed E-state index contributed by atoms with van der Waals surface area (Å²) in [5, 5.41) is 3.58. The molecule has 18 heavy (non-hydrogen) atoms. The number of hydrogen-bond acceptors (Lipinski definition) is 2. The van der Waals surface area contributed by atoms with Crippen LogP contribution >= 0.6 is 11.6 Å². The lowest BCUT2D eigenvalue weighted by Gasteiger charge is -2.17. The molecule has 0 aliphatic heterocycles. The van der Waals surface area contributed by atoms with Crippen LogP contribution in [0.25, 0.3) is 0 Å². The van der Waals surface area contributed by atoms with Gasteiger partial charge in [-0.1, -0.05) is 44.0 Å². The van der Waals surface area contributed by atoms with Gasteiger partial charge in [0.15, 0.2) is 0 Å². The van der Waals surface area contributed by atoms with Crippen LogP contribution in [0, 0.1) is 5.92 Å². The first kappa shape index (κ1) is 15.0. The summed E-state index contributed by atoms with van der Waals surface area (Å²) < 4.78 is 0. The fourth-order valence-corrected chi connectivity index (χ4v) is 1.87. The van der Waals surface area contributed by atoms with E-state index < -0.39 is 6.04 Å². The van der Waals surface area contributed by atoms with Crippen LogP contribution in [0.4, 0.5) is 0 Å². The summed E-state index contributed by atoms with van der Waals surface area (Å²) in [4.78, 5) is 11.7. The topological polar surface area (TPSA) is 55.1 Å². The molecule has 4 heteroatoms. The Hall–Kier alpha value is -1.06. The monoisotopic (exact) mass is 268 g/mol. The molecule has 0 spiro atoms. The molecule has 1 aromatic rings. The predicted molar refractivity (Wildman–Crippen MR) is 75.6 cm³/mol. The maximum Gasteiger partial charge on any atom is 0.237 e. The van der Waals surface area contributed by atoms with Gasteiger partial charge in [0.1, 0.15) is 0 Å². The van der Waals surface area contributed by atoms with E-state index in [1.54, 1.807) is 0 Å². The van der Waals surface area contributed by atoms with E-state index in [2.05, 4.69) is 5.32 Å². The Morgan fingerprint density at radius 3 is 2.83 bits per heavy atom. The summed E-state index contributed by atoms with van der Waals surface area (Å²) in [6.07, 6.45) is 1.67. The zero-order valence-corrected chi connectivity index (χ0v) is 11.7. The molecule has 2 atom stereocenters. The van der Waals surface area contributed by atoms with Crippen LogP contribution in [0.2, 0.25) is 5.02 Å². The molecule has 0 bridgehead atoms. The van der Waals surface area contributed by atoms with Gasteiger partial charge in [-0.05, 0) is 30.0 Å². The van der Waals surface area contributed by atoms with Crippen molar-refractivity contribution in [2.24, 2.45) is 11.7 Å². The summed E-state index contributed by atoms with van der Waals surface area (Å²) in [5.74, 6) is 0.127. The molecule has 0 fully saturated rings. The first-order valence-electron chi connectivity index (χ1n) is 6.32. The molecule has 3 nitrogen and oxygen atoms in total. The molecule has 0 aromatic heterocycles. The van der Waals surface area contributed by atoms with Crippen LogP contribution in [0.5, 0.6) is 0 Å². The van der Waals surface area contributed by atoms with Crippen LogP contribution < -0.4 is 11.1 Å².